The monoisotopic (exact) mass is 429 g/mol. The van der Waals surface area contributed by atoms with E-state index < -0.39 is 0 Å². The summed E-state index contributed by atoms with van der Waals surface area (Å²) in [5, 5.41) is 8.38. The van der Waals surface area contributed by atoms with E-state index in [1.54, 1.807) is 23.9 Å². The quantitative estimate of drug-likeness (QED) is 0.620. The van der Waals surface area contributed by atoms with Crippen LogP contribution >= 0.6 is 11.6 Å². The smallest absolute Gasteiger partial charge is 0.221 e. The van der Waals surface area contributed by atoms with Crippen LogP contribution in [0.25, 0.3) is 0 Å². The summed E-state index contributed by atoms with van der Waals surface area (Å²) < 4.78 is 21.2. The number of halogens is 2. The van der Waals surface area contributed by atoms with Gasteiger partial charge in [0.25, 0.3) is 0 Å². The van der Waals surface area contributed by atoms with Crippen molar-refractivity contribution in [1.82, 2.24) is 14.8 Å². The summed E-state index contributed by atoms with van der Waals surface area (Å²) in [6.07, 6.45) is 1.76. The first-order valence-corrected chi connectivity index (χ1v) is 10.4. The van der Waals surface area contributed by atoms with E-state index >= 15 is 0 Å². The maximum absolute atomic E-state index is 14.2. The van der Waals surface area contributed by atoms with Crippen LogP contribution in [0.1, 0.15) is 30.1 Å². The molecule has 158 valence electrons. The Morgan fingerprint density at radius 2 is 1.90 bits per heavy atom. The summed E-state index contributed by atoms with van der Waals surface area (Å²) in [5.74, 6) is 2.41. The lowest BCUT2D eigenvalue weighted by atomic mass is 9.96. The third kappa shape index (κ3) is 4.51. The molecule has 0 bridgehead atoms. The predicted molar refractivity (Wildman–Crippen MR) is 117 cm³/mol. The number of aryl methyl sites for hydroxylation is 1. The minimum atomic E-state index is -0.276. The minimum absolute atomic E-state index is 0.263. The summed E-state index contributed by atoms with van der Waals surface area (Å²) in [5.41, 5.74) is 1.74. The maximum atomic E-state index is 14.2. The van der Waals surface area contributed by atoms with Gasteiger partial charge in [-0.05, 0) is 48.7 Å². The van der Waals surface area contributed by atoms with E-state index in [2.05, 4.69) is 15.3 Å². The van der Waals surface area contributed by atoms with Gasteiger partial charge in [-0.2, -0.15) is 10.1 Å². The van der Waals surface area contributed by atoms with Gasteiger partial charge in [-0.25, -0.2) is 9.07 Å². The first-order chi connectivity index (χ1) is 14.5. The summed E-state index contributed by atoms with van der Waals surface area (Å²) in [4.78, 5) is 6.78. The Labute approximate surface area is 180 Å². The molecule has 30 heavy (non-hydrogen) atoms. The Morgan fingerprint density at radius 3 is 2.57 bits per heavy atom. The predicted octanol–water partition coefficient (Wildman–Crippen LogP) is 4.61. The molecular formula is C22H25ClFN5O. The second-order valence-electron chi connectivity index (χ2n) is 7.48. The number of ether oxygens (including phenoxy) is 1. The molecule has 0 radical (unpaired) electrons. The third-order valence-electron chi connectivity index (χ3n) is 5.50. The molecule has 1 aliphatic heterocycles. The number of piperidine rings is 1. The Morgan fingerprint density at radius 1 is 1.17 bits per heavy atom. The fourth-order valence-electron chi connectivity index (χ4n) is 3.77. The molecule has 8 heteroatoms. The van der Waals surface area contributed by atoms with Crippen molar-refractivity contribution in [2.45, 2.75) is 25.3 Å². The number of methoxy groups -OCH3 is 1. The van der Waals surface area contributed by atoms with Gasteiger partial charge in [-0.15, -0.1) is 0 Å². The van der Waals surface area contributed by atoms with Crippen LogP contribution in [-0.2, 0) is 13.6 Å². The molecule has 0 saturated carbocycles. The van der Waals surface area contributed by atoms with Gasteiger partial charge in [-0.3, -0.25) is 0 Å². The Hall–Kier alpha value is -2.80. The van der Waals surface area contributed by atoms with Crippen molar-refractivity contribution in [2.75, 3.05) is 30.4 Å². The lowest BCUT2D eigenvalue weighted by molar-refractivity contribution is 0.414. The number of hydrogen-bond donors (Lipinski definition) is 1. The average molecular weight is 430 g/mol. The molecule has 0 amide bonds. The number of hydrogen-bond acceptors (Lipinski definition) is 5. The molecule has 0 unspecified atom stereocenters. The number of aromatic nitrogens is 3. The minimum Gasteiger partial charge on any atom is -0.497 e. The van der Waals surface area contributed by atoms with Gasteiger partial charge in [0.15, 0.2) is 5.82 Å². The van der Waals surface area contributed by atoms with Crippen LogP contribution in [0.4, 0.5) is 16.0 Å². The van der Waals surface area contributed by atoms with Crippen molar-refractivity contribution in [1.29, 1.82) is 0 Å². The zero-order chi connectivity index (χ0) is 21.1. The van der Waals surface area contributed by atoms with E-state index in [1.165, 1.54) is 6.07 Å². The van der Waals surface area contributed by atoms with Gasteiger partial charge >= 0.3 is 0 Å². The van der Waals surface area contributed by atoms with Crippen molar-refractivity contribution >= 4 is 23.2 Å². The van der Waals surface area contributed by atoms with Crippen molar-refractivity contribution in [3.63, 3.8) is 0 Å². The normalized spacial score (nSPS) is 14.7. The molecule has 1 N–H and O–H groups in total. The molecule has 6 nitrogen and oxygen atoms in total. The van der Waals surface area contributed by atoms with E-state index in [-0.39, 0.29) is 11.7 Å². The Bertz CT molecular complexity index is 999. The first kappa shape index (κ1) is 20.5. The number of benzene rings is 2. The van der Waals surface area contributed by atoms with Gasteiger partial charge < -0.3 is 15.0 Å². The number of nitrogens with zero attached hydrogens (tertiary/aromatic N) is 4. The standard InChI is InChI=1S/C22H25ClFN5O/c1-28-22(25-14-15-3-6-18(30-2)7-4-15)26-21(27-28)16-9-11-29(12-10-16)20-8-5-17(23)13-19(20)24/h3-8,13,16H,9-12,14H2,1-2H3,(H,25,26,27). The van der Waals surface area contributed by atoms with Crippen molar-refractivity contribution in [2.24, 2.45) is 7.05 Å². The molecular weight excluding hydrogens is 405 g/mol. The highest BCUT2D eigenvalue weighted by Crippen LogP contribution is 2.31. The van der Waals surface area contributed by atoms with Crippen LogP contribution in [0.3, 0.4) is 0 Å². The molecule has 4 rings (SSSR count). The summed E-state index contributed by atoms with van der Waals surface area (Å²) in [6.45, 7) is 2.18. The highest BCUT2D eigenvalue weighted by molar-refractivity contribution is 6.30. The lowest BCUT2D eigenvalue weighted by Gasteiger charge is -2.32. The van der Waals surface area contributed by atoms with Crippen LogP contribution in [0.2, 0.25) is 5.02 Å². The highest BCUT2D eigenvalue weighted by Gasteiger charge is 2.26. The van der Waals surface area contributed by atoms with Gasteiger partial charge in [0, 0.05) is 37.6 Å². The molecule has 0 atom stereocenters. The first-order valence-electron chi connectivity index (χ1n) is 10.0. The van der Waals surface area contributed by atoms with Gasteiger partial charge in [0.05, 0.1) is 12.8 Å². The number of nitrogens with one attached hydrogen (secondary N) is 1. The second kappa shape index (κ2) is 8.92. The molecule has 2 heterocycles. The Balaban J connectivity index is 1.36. The second-order valence-corrected chi connectivity index (χ2v) is 7.91. The molecule has 0 aliphatic carbocycles. The molecule has 1 aliphatic rings. The molecule has 3 aromatic rings. The molecule has 2 aromatic carbocycles. The number of anilines is 2. The van der Waals surface area contributed by atoms with E-state index in [0.29, 0.717) is 17.3 Å². The van der Waals surface area contributed by atoms with E-state index in [1.807, 2.05) is 31.3 Å². The fourth-order valence-corrected chi connectivity index (χ4v) is 3.93. The molecule has 1 saturated heterocycles. The molecule has 0 spiro atoms. The topological polar surface area (TPSA) is 55.2 Å². The highest BCUT2D eigenvalue weighted by atomic mass is 35.5. The Kier molecular flexibility index (Phi) is 6.08. The fraction of sp³-hybridized carbons (Fsp3) is 0.364. The van der Waals surface area contributed by atoms with Crippen molar-refractivity contribution < 1.29 is 9.13 Å². The summed E-state index contributed by atoms with van der Waals surface area (Å²) in [6, 6.07) is 12.8. The van der Waals surface area contributed by atoms with E-state index in [9.17, 15) is 4.39 Å². The SMILES string of the molecule is COc1ccc(CNc2nc(C3CCN(c4ccc(Cl)cc4F)CC3)nn2C)cc1. The lowest BCUT2D eigenvalue weighted by Crippen LogP contribution is -2.33. The summed E-state index contributed by atoms with van der Waals surface area (Å²) >= 11 is 5.87. The van der Waals surface area contributed by atoms with Crippen LogP contribution in [0, 0.1) is 5.82 Å². The van der Waals surface area contributed by atoms with Gasteiger partial charge in [0.2, 0.25) is 5.95 Å². The zero-order valence-electron chi connectivity index (χ0n) is 17.1. The van der Waals surface area contributed by atoms with Crippen LogP contribution < -0.4 is 15.0 Å². The van der Waals surface area contributed by atoms with E-state index in [4.69, 9.17) is 21.3 Å². The van der Waals surface area contributed by atoms with Crippen molar-refractivity contribution in [3.8, 4) is 5.75 Å². The molecule has 1 fully saturated rings. The molecule has 1 aromatic heterocycles. The third-order valence-corrected chi connectivity index (χ3v) is 5.73. The number of rotatable bonds is 6. The van der Waals surface area contributed by atoms with E-state index in [0.717, 1.165) is 49.0 Å². The largest absolute Gasteiger partial charge is 0.497 e. The van der Waals surface area contributed by atoms with Gasteiger partial charge in [-0.1, -0.05) is 23.7 Å². The van der Waals surface area contributed by atoms with Gasteiger partial charge in [0.1, 0.15) is 11.6 Å². The van der Waals surface area contributed by atoms with Crippen molar-refractivity contribution in [3.05, 3.63) is 64.7 Å². The van der Waals surface area contributed by atoms with Crippen LogP contribution in [0.15, 0.2) is 42.5 Å². The van der Waals surface area contributed by atoms with Crippen LogP contribution in [-0.4, -0.2) is 35.0 Å². The average Bonchev–Trinajstić information content (AvgIpc) is 3.13. The van der Waals surface area contributed by atoms with Crippen LogP contribution in [0.5, 0.6) is 5.75 Å². The zero-order valence-corrected chi connectivity index (χ0v) is 17.9. The maximum Gasteiger partial charge on any atom is 0.221 e. The summed E-state index contributed by atoms with van der Waals surface area (Å²) in [7, 11) is 3.55.